The number of aromatic nitrogens is 2. The lowest BCUT2D eigenvalue weighted by Gasteiger charge is -2.27. The standard InChI is InChI=1S/C22H25N3O2/c1-6-20(26)24(5)16(4)21-23-19-10-8-7-9-18(19)22(27)25(21)17-12-11-14(2)15(3)13-17/h7-13,16H,6H2,1-5H3. The second kappa shape index (κ2) is 7.35. The number of hydrogen-bond acceptors (Lipinski definition) is 3. The Balaban J connectivity index is 2.32. The van der Waals surface area contributed by atoms with E-state index >= 15 is 0 Å². The molecule has 0 spiro atoms. The van der Waals surface area contributed by atoms with Crippen LogP contribution in [-0.2, 0) is 4.79 Å². The summed E-state index contributed by atoms with van der Waals surface area (Å²) in [5, 5.41) is 0.566. The van der Waals surface area contributed by atoms with Gasteiger partial charge in [-0.25, -0.2) is 4.98 Å². The van der Waals surface area contributed by atoms with Gasteiger partial charge in [0.15, 0.2) is 0 Å². The van der Waals surface area contributed by atoms with Crippen molar-refractivity contribution in [1.82, 2.24) is 14.5 Å². The molecule has 140 valence electrons. The first-order valence-corrected chi connectivity index (χ1v) is 9.20. The maximum atomic E-state index is 13.3. The Kier molecular flexibility index (Phi) is 5.13. The number of carbonyl (C=O) groups excluding carboxylic acids is 1. The molecular weight excluding hydrogens is 338 g/mol. The van der Waals surface area contributed by atoms with Crippen molar-refractivity contribution in [3.63, 3.8) is 0 Å². The smallest absolute Gasteiger partial charge is 0.266 e. The van der Waals surface area contributed by atoms with Crippen LogP contribution in [0.25, 0.3) is 16.6 Å². The normalized spacial score (nSPS) is 12.2. The lowest BCUT2D eigenvalue weighted by molar-refractivity contribution is -0.131. The molecule has 0 N–H and O–H groups in total. The van der Waals surface area contributed by atoms with E-state index < -0.39 is 0 Å². The van der Waals surface area contributed by atoms with Crippen LogP contribution in [0, 0.1) is 13.8 Å². The molecule has 1 aromatic heterocycles. The zero-order chi connectivity index (χ0) is 19.7. The third-order valence-electron chi connectivity index (χ3n) is 5.20. The summed E-state index contributed by atoms with van der Waals surface area (Å²) in [5.74, 6) is 0.572. The monoisotopic (exact) mass is 363 g/mol. The summed E-state index contributed by atoms with van der Waals surface area (Å²) in [6.45, 7) is 7.80. The van der Waals surface area contributed by atoms with Crippen LogP contribution in [0.15, 0.2) is 47.3 Å². The third-order valence-corrected chi connectivity index (χ3v) is 5.20. The van der Waals surface area contributed by atoms with Crippen molar-refractivity contribution in [1.29, 1.82) is 0 Å². The van der Waals surface area contributed by atoms with Crippen LogP contribution in [0.4, 0.5) is 0 Å². The first kappa shape index (κ1) is 18.8. The maximum absolute atomic E-state index is 13.3. The van der Waals surface area contributed by atoms with Gasteiger partial charge >= 0.3 is 0 Å². The molecule has 1 atom stereocenters. The largest absolute Gasteiger partial charge is 0.336 e. The Morgan fingerprint density at radius 3 is 2.52 bits per heavy atom. The number of hydrogen-bond donors (Lipinski definition) is 0. The Morgan fingerprint density at radius 2 is 1.85 bits per heavy atom. The molecule has 1 unspecified atom stereocenters. The fourth-order valence-corrected chi connectivity index (χ4v) is 3.18. The van der Waals surface area contributed by atoms with Gasteiger partial charge in [-0.15, -0.1) is 0 Å². The number of carbonyl (C=O) groups is 1. The molecule has 0 bridgehead atoms. The number of nitrogens with zero attached hydrogens (tertiary/aromatic N) is 3. The van der Waals surface area contributed by atoms with Gasteiger partial charge in [-0.05, 0) is 56.2 Å². The molecular formula is C22H25N3O2. The SMILES string of the molecule is CCC(=O)N(C)C(C)c1nc2ccccc2c(=O)n1-c1ccc(C)c(C)c1. The molecule has 0 saturated carbocycles. The van der Waals surface area contributed by atoms with Gasteiger partial charge in [0.05, 0.1) is 22.6 Å². The molecule has 0 aliphatic heterocycles. The lowest BCUT2D eigenvalue weighted by Crippen LogP contribution is -2.34. The fraction of sp³-hybridized carbons (Fsp3) is 0.318. The van der Waals surface area contributed by atoms with Crippen LogP contribution in [0.1, 0.15) is 43.3 Å². The number of amides is 1. The maximum Gasteiger partial charge on any atom is 0.266 e. The fourth-order valence-electron chi connectivity index (χ4n) is 3.18. The Bertz CT molecular complexity index is 1070. The average Bonchev–Trinajstić information content (AvgIpc) is 2.68. The second-order valence-corrected chi connectivity index (χ2v) is 6.93. The van der Waals surface area contributed by atoms with Crippen molar-refractivity contribution in [3.05, 3.63) is 69.8 Å². The molecule has 5 heteroatoms. The number of fused-ring (bicyclic) bond motifs is 1. The Morgan fingerprint density at radius 1 is 1.15 bits per heavy atom. The van der Waals surface area contributed by atoms with E-state index in [0.29, 0.717) is 23.1 Å². The Hall–Kier alpha value is -2.95. The van der Waals surface area contributed by atoms with E-state index in [0.717, 1.165) is 16.8 Å². The van der Waals surface area contributed by atoms with Crippen LogP contribution >= 0.6 is 0 Å². The third kappa shape index (κ3) is 3.37. The molecule has 3 rings (SSSR count). The first-order valence-electron chi connectivity index (χ1n) is 9.20. The highest BCUT2D eigenvalue weighted by atomic mass is 16.2. The average molecular weight is 363 g/mol. The van der Waals surface area contributed by atoms with Crippen LogP contribution in [0.2, 0.25) is 0 Å². The number of benzene rings is 2. The van der Waals surface area contributed by atoms with E-state index in [1.54, 1.807) is 22.6 Å². The minimum atomic E-state index is -0.337. The van der Waals surface area contributed by atoms with E-state index in [1.807, 2.05) is 64.1 Å². The molecule has 0 fully saturated rings. The molecule has 1 amide bonds. The number of para-hydroxylation sites is 1. The Labute approximate surface area is 159 Å². The van der Waals surface area contributed by atoms with Gasteiger partial charge in [-0.2, -0.15) is 0 Å². The quantitative estimate of drug-likeness (QED) is 0.706. The van der Waals surface area contributed by atoms with Crippen molar-refractivity contribution in [2.24, 2.45) is 0 Å². The summed E-state index contributed by atoms with van der Waals surface area (Å²) in [4.78, 5) is 32.0. The van der Waals surface area contributed by atoms with Crippen molar-refractivity contribution in [3.8, 4) is 5.69 Å². The summed E-state index contributed by atoms with van der Waals surface area (Å²) in [5.41, 5.74) is 3.54. The van der Waals surface area contributed by atoms with Crippen LogP contribution in [0.3, 0.4) is 0 Å². The van der Waals surface area contributed by atoms with Gasteiger partial charge < -0.3 is 4.90 Å². The molecule has 0 aliphatic rings. The topological polar surface area (TPSA) is 55.2 Å². The number of aryl methyl sites for hydroxylation is 2. The lowest BCUT2D eigenvalue weighted by atomic mass is 10.1. The van der Waals surface area contributed by atoms with E-state index in [9.17, 15) is 9.59 Å². The van der Waals surface area contributed by atoms with Crippen molar-refractivity contribution >= 4 is 16.8 Å². The summed E-state index contributed by atoms with van der Waals surface area (Å²) in [7, 11) is 1.75. The molecule has 0 aliphatic carbocycles. The van der Waals surface area contributed by atoms with E-state index in [1.165, 1.54) is 0 Å². The van der Waals surface area contributed by atoms with Gasteiger partial charge in [0.2, 0.25) is 5.91 Å². The van der Waals surface area contributed by atoms with Crippen LogP contribution < -0.4 is 5.56 Å². The van der Waals surface area contributed by atoms with Gasteiger partial charge in [0.1, 0.15) is 5.82 Å². The summed E-state index contributed by atoms with van der Waals surface area (Å²) < 4.78 is 1.64. The van der Waals surface area contributed by atoms with E-state index in [4.69, 9.17) is 4.98 Å². The molecule has 1 heterocycles. The van der Waals surface area contributed by atoms with Crippen molar-refractivity contribution < 1.29 is 4.79 Å². The van der Waals surface area contributed by atoms with Gasteiger partial charge in [-0.1, -0.05) is 25.1 Å². The van der Waals surface area contributed by atoms with E-state index in [2.05, 4.69) is 0 Å². The second-order valence-electron chi connectivity index (χ2n) is 6.93. The summed E-state index contributed by atoms with van der Waals surface area (Å²) in [6.07, 6.45) is 0.405. The van der Waals surface area contributed by atoms with Crippen molar-refractivity contribution in [2.75, 3.05) is 7.05 Å². The van der Waals surface area contributed by atoms with Gasteiger partial charge in [0.25, 0.3) is 5.56 Å². The zero-order valence-electron chi connectivity index (χ0n) is 16.5. The summed E-state index contributed by atoms with van der Waals surface area (Å²) in [6, 6.07) is 12.9. The van der Waals surface area contributed by atoms with E-state index in [-0.39, 0.29) is 17.5 Å². The predicted octanol–water partition coefficient (Wildman–Crippen LogP) is 3.93. The highest BCUT2D eigenvalue weighted by Crippen LogP contribution is 2.23. The molecule has 0 saturated heterocycles. The highest BCUT2D eigenvalue weighted by molar-refractivity contribution is 5.78. The molecule has 27 heavy (non-hydrogen) atoms. The predicted molar refractivity (Wildman–Crippen MR) is 108 cm³/mol. The minimum Gasteiger partial charge on any atom is -0.336 e. The highest BCUT2D eigenvalue weighted by Gasteiger charge is 2.23. The first-order chi connectivity index (χ1) is 12.8. The van der Waals surface area contributed by atoms with Crippen molar-refractivity contribution in [2.45, 2.75) is 40.2 Å². The zero-order valence-corrected chi connectivity index (χ0v) is 16.5. The van der Waals surface area contributed by atoms with Crippen LogP contribution in [0.5, 0.6) is 0 Å². The molecule has 0 radical (unpaired) electrons. The van der Waals surface area contributed by atoms with Crippen LogP contribution in [-0.4, -0.2) is 27.4 Å². The summed E-state index contributed by atoms with van der Waals surface area (Å²) >= 11 is 0. The number of rotatable bonds is 4. The molecule has 3 aromatic rings. The molecule has 2 aromatic carbocycles. The minimum absolute atomic E-state index is 0.0107. The van der Waals surface area contributed by atoms with Gasteiger partial charge in [0, 0.05) is 13.5 Å². The molecule has 5 nitrogen and oxygen atoms in total. The van der Waals surface area contributed by atoms with Gasteiger partial charge in [-0.3, -0.25) is 14.2 Å².